The average Bonchev–Trinajstić information content (AvgIpc) is 2.86. The fraction of sp³-hybridized carbons (Fsp3) is 0.500. The first-order valence-electron chi connectivity index (χ1n) is 7.54. The summed E-state index contributed by atoms with van der Waals surface area (Å²) in [5, 5.41) is 11.8. The summed E-state index contributed by atoms with van der Waals surface area (Å²) >= 11 is 0. The molecule has 2 aromatic rings. The molecule has 3 rings (SSSR count). The predicted octanol–water partition coefficient (Wildman–Crippen LogP) is 2.06. The highest BCUT2D eigenvalue weighted by Gasteiger charge is 2.34. The van der Waals surface area contributed by atoms with Crippen LogP contribution < -0.4 is 5.32 Å². The molecule has 0 aliphatic carbocycles. The number of rotatable bonds is 4. The van der Waals surface area contributed by atoms with Gasteiger partial charge in [-0.25, -0.2) is 4.39 Å². The molecule has 0 bridgehead atoms. The maximum absolute atomic E-state index is 13.6. The van der Waals surface area contributed by atoms with Gasteiger partial charge in [-0.3, -0.25) is 0 Å². The van der Waals surface area contributed by atoms with E-state index < -0.39 is 0 Å². The van der Waals surface area contributed by atoms with Gasteiger partial charge < -0.3 is 14.6 Å². The van der Waals surface area contributed by atoms with Crippen LogP contribution in [0.15, 0.2) is 24.3 Å². The Morgan fingerprint density at radius 2 is 2.09 bits per heavy atom. The van der Waals surface area contributed by atoms with Gasteiger partial charge in [-0.2, -0.15) is 0 Å². The Hall–Kier alpha value is -1.79. The van der Waals surface area contributed by atoms with E-state index in [1.54, 1.807) is 12.1 Å². The van der Waals surface area contributed by atoms with Crippen LogP contribution in [0.5, 0.6) is 0 Å². The third-order valence-electron chi connectivity index (χ3n) is 4.49. The van der Waals surface area contributed by atoms with Crippen molar-refractivity contribution in [2.45, 2.75) is 31.8 Å². The summed E-state index contributed by atoms with van der Waals surface area (Å²) in [6, 6.07) is 6.82. The molecule has 118 valence electrons. The number of hydrogen-bond donors (Lipinski definition) is 1. The third-order valence-corrected chi connectivity index (χ3v) is 4.49. The molecule has 22 heavy (non-hydrogen) atoms. The number of benzene rings is 1. The van der Waals surface area contributed by atoms with Crippen LogP contribution in [0, 0.1) is 12.7 Å². The van der Waals surface area contributed by atoms with Crippen molar-refractivity contribution in [1.82, 2.24) is 20.1 Å². The average molecular weight is 304 g/mol. The molecule has 0 amide bonds. The molecular weight excluding hydrogens is 283 g/mol. The molecule has 0 unspecified atom stereocenters. The van der Waals surface area contributed by atoms with Crippen molar-refractivity contribution in [3.63, 3.8) is 0 Å². The molecule has 0 radical (unpaired) electrons. The molecule has 5 nitrogen and oxygen atoms in total. The minimum Gasteiger partial charge on any atom is -0.381 e. The van der Waals surface area contributed by atoms with Crippen LogP contribution in [0.4, 0.5) is 4.39 Å². The normalized spacial score (nSPS) is 17.6. The van der Waals surface area contributed by atoms with E-state index in [-0.39, 0.29) is 11.4 Å². The number of ether oxygens (including phenoxy) is 1. The molecule has 1 aromatic carbocycles. The van der Waals surface area contributed by atoms with E-state index in [0.717, 1.165) is 30.1 Å². The lowest BCUT2D eigenvalue weighted by molar-refractivity contribution is 0.0353. The van der Waals surface area contributed by atoms with E-state index in [9.17, 15) is 4.39 Å². The number of nitrogens with zero attached hydrogens (tertiary/aromatic N) is 3. The quantitative estimate of drug-likeness (QED) is 0.939. The molecule has 6 heteroatoms. The van der Waals surface area contributed by atoms with Gasteiger partial charge in [0.1, 0.15) is 17.5 Å². The summed E-state index contributed by atoms with van der Waals surface area (Å²) < 4.78 is 21.1. The third kappa shape index (κ3) is 2.89. The molecule has 0 atom stereocenters. The van der Waals surface area contributed by atoms with Crippen molar-refractivity contribution in [3.8, 4) is 0 Å². The number of aromatic nitrogens is 3. The van der Waals surface area contributed by atoms with Gasteiger partial charge >= 0.3 is 0 Å². The standard InChI is InChI=1S/C16H21FN4O/c1-12-19-20-15(21(12)2)11-18-16(6-8-22-9-7-16)13-4-3-5-14(17)10-13/h3-5,10,18H,6-9,11H2,1-2H3. The molecule has 1 fully saturated rings. The number of halogens is 1. The SMILES string of the molecule is Cc1nnc(CNC2(c3cccc(F)c3)CCOCC2)n1C. The summed E-state index contributed by atoms with van der Waals surface area (Å²) in [7, 11) is 1.95. The zero-order chi connectivity index (χ0) is 15.6. The first-order valence-corrected chi connectivity index (χ1v) is 7.54. The van der Waals surface area contributed by atoms with E-state index in [1.165, 1.54) is 6.07 Å². The van der Waals surface area contributed by atoms with Crippen LogP contribution in [0.2, 0.25) is 0 Å². The Kier molecular flexibility index (Phi) is 4.22. The van der Waals surface area contributed by atoms with E-state index in [1.807, 2.05) is 24.6 Å². The minimum absolute atomic E-state index is 0.209. The maximum atomic E-state index is 13.6. The number of hydrogen-bond acceptors (Lipinski definition) is 4. The van der Waals surface area contributed by atoms with Crippen molar-refractivity contribution in [2.75, 3.05) is 13.2 Å². The lowest BCUT2D eigenvalue weighted by Gasteiger charge is -2.38. The first-order chi connectivity index (χ1) is 10.6. The van der Waals surface area contributed by atoms with Crippen LogP contribution in [-0.4, -0.2) is 28.0 Å². The van der Waals surface area contributed by atoms with Crippen LogP contribution in [0.3, 0.4) is 0 Å². The van der Waals surface area contributed by atoms with Crippen LogP contribution in [0.1, 0.15) is 30.1 Å². The van der Waals surface area contributed by atoms with Crippen molar-refractivity contribution in [3.05, 3.63) is 47.3 Å². The van der Waals surface area contributed by atoms with Crippen LogP contribution >= 0.6 is 0 Å². The van der Waals surface area contributed by atoms with Gasteiger partial charge in [0, 0.05) is 25.8 Å². The molecule has 2 heterocycles. The fourth-order valence-electron chi connectivity index (χ4n) is 2.93. The monoisotopic (exact) mass is 304 g/mol. The van der Waals surface area contributed by atoms with Gasteiger partial charge in [0.15, 0.2) is 0 Å². The van der Waals surface area contributed by atoms with Crippen molar-refractivity contribution >= 4 is 0 Å². The molecule has 1 saturated heterocycles. The lowest BCUT2D eigenvalue weighted by atomic mass is 9.82. The number of aryl methyl sites for hydroxylation is 1. The van der Waals surface area contributed by atoms with Crippen molar-refractivity contribution in [2.24, 2.45) is 7.05 Å². The summed E-state index contributed by atoms with van der Waals surface area (Å²) in [6.45, 7) is 3.85. The first kappa shape index (κ1) is 15.1. The summed E-state index contributed by atoms with van der Waals surface area (Å²) in [4.78, 5) is 0. The Bertz CT molecular complexity index is 649. The molecule has 1 aromatic heterocycles. The van der Waals surface area contributed by atoms with E-state index in [4.69, 9.17) is 4.74 Å². The molecule has 0 spiro atoms. The van der Waals surface area contributed by atoms with Crippen LogP contribution in [-0.2, 0) is 23.9 Å². The van der Waals surface area contributed by atoms with Gasteiger partial charge in [0.2, 0.25) is 0 Å². The second kappa shape index (κ2) is 6.14. The smallest absolute Gasteiger partial charge is 0.146 e. The zero-order valence-electron chi connectivity index (χ0n) is 13.0. The van der Waals surface area contributed by atoms with Crippen molar-refractivity contribution < 1.29 is 9.13 Å². The van der Waals surface area contributed by atoms with Gasteiger partial charge in [0.05, 0.1) is 6.54 Å². The highest BCUT2D eigenvalue weighted by atomic mass is 19.1. The topological polar surface area (TPSA) is 52.0 Å². The Morgan fingerprint density at radius 1 is 1.32 bits per heavy atom. The Morgan fingerprint density at radius 3 is 2.73 bits per heavy atom. The molecule has 1 aliphatic heterocycles. The highest BCUT2D eigenvalue weighted by molar-refractivity contribution is 5.26. The number of nitrogens with one attached hydrogen (secondary N) is 1. The molecule has 0 saturated carbocycles. The summed E-state index contributed by atoms with van der Waals surface area (Å²) in [6.07, 6.45) is 1.63. The largest absolute Gasteiger partial charge is 0.381 e. The second-order valence-electron chi connectivity index (χ2n) is 5.78. The second-order valence-corrected chi connectivity index (χ2v) is 5.78. The molecule has 1 aliphatic rings. The maximum Gasteiger partial charge on any atom is 0.146 e. The Balaban J connectivity index is 1.85. The van der Waals surface area contributed by atoms with E-state index >= 15 is 0 Å². The fourth-order valence-corrected chi connectivity index (χ4v) is 2.93. The minimum atomic E-state index is -0.278. The van der Waals surface area contributed by atoms with Gasteiger partial charge in [-0.05, 0) is 37.5 Å². The molecular formula is C16H21FN4O. The highest BCUT2D eigenvalue weighted by Crippen LogP contribution is 2.32. The summed E-state index contributed by atoms with van der Waals surface area (Å²) in [5.41, 5.74) is 0.690. The van der Waals surface area contributed by atoms with Crippen LogP contribution in [0.25, 0.3) is 0 Å². The van der Waals surface area contributed by atoms with E-state index in [2.05, 4.69) is 15.5 Å². The van der Waals surface area contributed by atoms with E-state index in [0.29, 0.717) is 19.8 Å². The molecule has 1 N–H and O–H groups in total. The van der Waals surface area contributed by atoms with Gasteiger partial charge in [-0.1, -0.05) is 12.1 Å². The van der Waals surface area contributed by atoms with Gasteiger partial charge in [0.25, 0.3) is 0 Å². The lowest BCUT2D eigenvalue weighted by Crippen LogP contribution is -2.46. The zero-order valence-corrected chi connectivity index (χ0v) is 13.0. The van der Waals surface area contributed by atoms with Crippen molar-refractivity contribution in [1.29, 1.82) is 0 Å². The Labute approximate surface area is 129 Å². The van der Waals surface area contributed by atoms with Gasteiger partial charge in [-0.15, -0.1) is 10.2 Å². The summed E-state index contributed by atoms with van der Waals surface area (Å²) in [5.74, 6) is 1.54. The predicted molar refractivity (Wildman–Crippen MR) is 80.7 cm³/mol.